The van der Waals surface area contributed by atoms with Gasteiger partial charge in [-0.1, -0.05) is 39.3 Å². The Kier molecular flexibility index (Phi) is 29.4. The van der Waals surface area contributed by atoms with Crippen LogP contribution in [0.2, 0.25) is 0 Å². The molecule has 9 amide bonds. The Morgan fingerprint density at radius 1 is 0.577 bits per heavy atom. The predicted octanol–water partition coefficient (Wildman–Crippen LogP) is -4.82. The van der Waals surface area contributed by atoms with Crippen LogP contribution in [0.25, 0.3) is 0 Å². The highest BCUT2D eigenvalue weighted by atomic mass is 16.3. The van der Waals surface area contributed by atoms with Gasteiger partial charge < -0.3 is 93.1 Å². The van der Waals surface area contributed by atoms with Crippen LogP contribution in [0.15, 0.2) is 39.2 Å². The van der Waals surface area contributed by atoms with Crippen LogP contribution < -0.4 is 83.1 Å². The number of primary amides is 1. The summed E-state index contributed by atoms with van der Waals surface area (Å²) in [4.78, 5) is 136. The molecule has 2 rings (SSSR count). The monoisotopic (exact) mass is 1100 g/mol. The van der Waals surface area contributed by atoms with Gasteiger partial charge in [-0.2, -0.15) is 0 Å². The smallest absolute Gasteiger partial charge is 0.245 e. The molecule has 29 heteroatoms. The van der Waals surface area contributed by atoms with E-state index < -0.39 is 108 Å². The third kappa shape index (κ3) is 24.8. The van der Waals surface area contributed by atoms with Crippen molar-refractivity contribution in [1.29, 1.82) is 0 Å². The summed E-state index contributed by atoms with van der Waals surface area (Å²) in [7, 11) is 0. The van der Waals surface area contributed by atoms with Crippen molar-refractivity contribution in [3.63, 3.8) is 0 Å². The Hall–Kier alpha value is -7.98. The van der Waals surface area contributed by atoms with E-state index in [0.29, 0.717) is 31.2 Å². The average molecular weight is 1100 g/mol. The fourth-order valence-electron chi connectivity index (χ4n) is 8.34. The van der Waals surface area contributed by atoms with Crippen LogP contribution >= 0.6 is 0 Å². The first-order valence-electron chi connectivity index (χ1n) is 26.2. The van der Waals surface area contributed by atoms with Crippen LogP contribution in [0.4, 0.5) is 0 Å². The van der Waals surface area contributed by atoms with E-state index in [4.69, 9.17) is 45.9 Å². The summed E-state index contributed by atoms with van der Waals surface area (Å²) < 4.78 is 0. The molecule has 1 aromatic carbocycles. The summed E-state index contributed by atoms with van der Waals surface area (Å²) in [6.07, 6.45) is 2.41. The van der Waals surface area contributed by atoms with Crippen molar-refractivity contribution >= 4 is 71.0 Å². The first-order chi connectivity index (χ1) is 36.9. The molecule has 1 fully saturated rings. The molecule has 1 aromatic rings. The number of hydrogen-bond donors (Lipinski definition) is 16. The predicted molar refractivity (Wildman–Crippen MR) is 293 cm³/mol. The summed E-state index contributed by atoms with van der Waals surface area (Å²) in [6.45, 7) is 6.89. The minimum atomic E-state index is -1.39. The number of rotatable bonds is 35. The maximum absolute atomic E-state index is 14.4. The zero-order chi connectivity index (χ0) is 58.5. The molecule has 1 heterocycles. The standard InChI is InChI=1S/C49H85N19O10/c1-5-10-32(40(72)66-36(25-29-16-18-30(70)19-17-29)43(75)67-37(26-50)44(76)62-31(39(51)71)20-15-27(2)3)63-42(74)34(12-7-22-59-48(54)55)64-45(77)38-14-9-24-68(38)46(78)35(13-8-23-60-49(56)57)65-41(73)33(61-28(4)69)11-6-21-58-47(52)53/h16-19,27,31-38,70H,5-15,20-26,50H2,1-4H3,(H2,51,71)(H,61,69)(H,62,76)(H,63,74)(H,64,77)(H,65,73)(H,66,72)(H,67,75)(H4,52,53,58)(H4,54,55,59)(H4,56,57,60)/t31-,32-,33-,34-,35-,36-,37-,38-/m0/s1. The Bertz CT molecular complexity index is 2250. The van der Waals surface area contributed by atoms with E-state index in [1.54, 1.807) is 6.92 Å². The molecule has 29 nitrogen and oxygen atoms in total. The minimum absolute atomic E-state index is 0.0278. The summed E-state index contributed by atoms with van der Waals surface area (Å²) in [6, 6.07) is -4.01. The number of carbonyl (C=O) groups is 9. The number of nitrogens with two attached hydrogens (primary N) is 8. The van der Waals surface area contributed by atoms with Crippen LogP contribution in [0, 0.1) is 5.92 Å². The number of aromatic hydroxyl groups is 1. The first kappa shape index (κ1) is 66.1. The molecule has 0 unspecified atom stereocenters. The van der Waals surface area contributed by atoms with Gasteiger partial charge in [-0.15, -0.1) is 0 Å². The molecule has 0 bridgehead atoms. The Morgan fingerprint density at radius 2 is 1.01 bits per heavy atom. The summed E-state index contributed by atoms with van der Waals surface area (Å²) >= 11 is 0. The molecule has 1 aliphatic heterocycles. The normalized spacial score (nSPS) is 15.6. The molecule has 24 N–H and O–H groups in total. The number of nitrogens with zero attached hydrogens (tertiary/aromatic N) is 4. The second kappa shape index (κ2) is 34.6. The van der Waals surface area contributed by atoms with Gasteiger partial charge in [-0.3, -0.25) is 58.1 Å². The number of guanidine groups is 3. The molecular weight excluding hydrogens is 1010 g/mol. The van der Waals surface area contributed by atoms with E-state index in [2.05, 4.69) is 52.2 Å². The second-order valence-electron chi connectivity index (χ2n) is 19.4. The highest BCUT2D eigenvalue weighted by Gasteiger charge is 2.40. The van der Waals surface area contributed by atoms with Crippen molar-refractivity contribution in [1.82, 2.24) is 42.1 Å². The summed E-state index contributed by atoms with van der Waals surface area (Å²) in [5, 5.41) is 28.5. The van der Waals surface area contributed by atoms with Crippen molar-refractivity contribution in [2.45, 2.75) is 160 Å². The number of likely N-dealkylation sites (tertiary alicyclic amines) is 1. The lowest BCUT2D eigenvalue weighted by molar-refractivity contribution is -0.142. The van der Waals surface area contributed by atoms with Crippen molar-refractivity contribution < 1.29 is 48.3 Å². The molecular formula is C49H85N19O10. The lowest BCUT2D eigenvalue weighted by Gasteiger charge is -2.31. The molecule has 78 heavy (non-hydrogen) atoms. The lowest BCUT2D eigenvalue weighted by Crippen LogP contribution is -2.61. The number of hydrogen-bond acceptors (Lipinski definition) is 14. The minimum Gasteiger partial charge on any atom is -0.508 e. The molecule has 1 aliphatic rings. The molecule has 0 radical (unpaired) electrons. The van der Waals surface area contributed by atoms with Gasteiger partial charge in [-0.05, 0) is 94.2 Å². The number of phenols is 1. The van der Waals surface area contributed by atoms with E-state index in [9.17, 15) is 48.3 Å². The molecule has 0 aromatic heterocycles. The quantitative estimate of drug-likeness (QED) is 0.0172. The molecule has 0 aliphatic carbocycles. The van der Waals surface area contributed by atoms with Crippen molar-refractivity contribution in [3.05, 3.63) is 29.8 Å². The van der Waals surface area contributed by atoms with E-state index in [1.807, 2.05) is 13.8 Å². The van der Waals surface area contributed by atoms with Gasteiger partial charge in [-0.25, -0.2) is 0 Å². The maximum atomic E-state index is 14.4. The van der Waals surface area contributed by atoms with Gasteiger partial charge in [0.25, 0.3) is 0 Å². The van der Waals surface area contributed by atoms with Gasteiger partial charge in [0.2, 0.25) is 53.2 Å². The Morgan fingerprint density at radius 3 is 1.49 bits per heavy atom. The van der Waals surface area contributed by atoms with E-state index in [1.165, 1.54) is 36.1 Å². The van der Waals surface area contributed by atoms with Crippen molar-refractivity contribution in [3.8, 4) is 5.75 Å². The molecule has 0 saturated carbocycles. The van der Waals surface area contributed by atoms with Crippen LogP contribution in [0.5, 0.6) is 5.75 Å². The zero-order valence-corrected chi connectivity index (χ0v) is 45.3. The number of nitrogens with one attached hydrogen (secondary N) is 7. The van der Waals surface area contributed by atoms with Crippen LogP contribution in [-0.2, 0) is 49.6 Å². The number of aliphatic imine (C=N–C) groups is 3. The van der Waals surface area contributed by atoms with E-state index >= 15 is 0 Å². The number of benzene rings is 1. The van der Waals surface area contributed by atoms with Gasteiger partial charge in [0.1, 0.15) is 54.1 Å². The lowest BCUT2D eigenvalue weighted by atomic mass is 10.0. The first-order valence-corrected chi connectivity index (χ1v) is 26.2. The second-order valence-corrected chi connectivity index (χ2v) is 19.4. The average Bonchev–Trinajstić information content (AvgIpc) is 3.87. The fraction of sp³-hybridized carbons (Fsp3) is 0.633. The van der Waals surface area contributed by atoms with Crippen LogP contribution in [0.1, 0.15) is 110 Å². The van der Waals surface area contributed by atoms with Crippen LogP contribution in [-0.4, -0.2) is 162 Å². The zero-order valence-electron chi connectivity index (χ0n) is 45.3. The van der Waals surface area contributed by atoms with Gasteiger partial charge in [0, 0.05) is 46.1 Å². The largest absolute Gasteiger partial charge is 0.508 e. The molecule has 8 atom stereocenters. The highest BCUT2D eigenvalue weighted by molar-refractivity contribution is 5.98. The molecule has 436 valence electrons. The number of amides is 9. The van der Waals surface area contributed by atoms with Gasteiger partial charge >= 0.3 is 0 Å². The van der Waals surface area contributed by atoms with Crippen LogP contribution in [0.3, 0.4) is 0 Å². The maximum Gasteiger partial charge on any atom is 0.245 e. The van der Waals surface area contributed by atoms with Crippen molar-refractivity contribution in [2.24, 2.45) is 66.8 Å². The van der Waals surface area contributed by atoms with E-state index in [0.717, 1.165) is 0 Å². The highest BCUT2D eigenvalue weighted by Crippen LogP contribution is 2.21. The summed E-state index contributed by atoms with van der Waals surface area (Å²) in [5.41, 5.74) is 44.9. The van der Waals surface area contributed by atoms with Gasteiger partial charge in [0.15, 0.2) is 17.9 Å². The third-order valence-electron chi connectivity index (χ3n) is 12.4. The number of carbonyl (C=O) groups excluding carboxylic acids is 9. The summed E-state index contributed by atoms with van der Waals surface area (Å²) in [5.74, 6) is -6.94. The molecule has 1 saturated heterocycles. The Balaban J connectivity index is 2.45. The van der Waals surface area contributed by atoms with Gasteiger partial charge in [0.05, 0.1) is 0 Å². The topological polar surface area (TPSA) is 507 Å². The molecule has 0 spiro atoms. The number of phenolic OH excluding ortho intramolecular Hbond substituents is 1. The van der Waals surface area contributed by atoms with Crippen molar-refractivity contribution in [2.75, 3.05) is 32.7 Å². The Labute approximate surface area is 454 Å². The van der Waals surface area contributed by atoms with E-state index in [-0.39, 0.29) is 114 Å². The SMILES string of the molecule is CCC[C@H](NC(=O)[C@H](CCCN=C(N)N)NC(=O)[C@@H]1CCCN1C(=O)[C@H](CCCN=C(N)N)NC(=O)[C@H](CCCN=C(N)N)NC(C)=O)C(=O)N[C@@H](Cc1ccc(O)cc1)C(=O)N[C@@H](CN)C(=O)N[C@@H](CCC(C)C)C(N)=O. The fourth-order valence-corrected chi connectivity index (χ4v) is 8.34. The third-order valence-corrected chi connectivity index (χ3v) is 12.4.